The molecular formula is C14H28N2O3. The van der Waals surface area contributed by atoms with Crippen molar-refractivity contribution in [2.75, 3.05) is 39.4 Å². The van der Waals surface area contributed by atoms with Crippen LogP contribution in [0, 0.1) is 5.92 Å². The van der Waals surface area contributed by atoms with Crippen molar-refractivity contribution in [1.82, 2.24) is 10.2 Å². The Morgan fingerprint density at radius 1 is 1.42 bits per heavy atom. The van der Waals surface area contributed by atoms with Crippen LogP contribution in [0.4, 0.5) is 0 Å². The average Bonchev–Trinajstić information content (AvgIpc) is 2.38. The van der Waals surface area contributed by atoms with E-state index in [1.54, 1.807) is 0 Å². The van der Waals surface area contributed by atoms with E-state index >= 15 is 0 Å². The number of rotatable bonds is 8. The first-order valence-corrected chi connectivity index (χ1v) is 7.36. The van der Waals surface area contributed by atoms with Gasteiger partial charge in [-0.15, -0.1) is 0 Å². The largest absolute Gasteiger partial charge is 0.390 e. The maximum absolute atomic E-state index is 11.7. The number of carbonyl (C=O) groups excluding carboxylic acids is 1. The zero-order valence-corrected chi connectivity index (χ0v) is 12.2. The summed E-state index contributed by atoms with van der Waals surface area (Å²) in [6, 6.07) is 0. The topological polar surface area (TPSA) is 61.8 Å². The lowest BCUT2D eigenvalue weighted by Gasteiger charge is -2.28. The lowest BCUT2D eigenvalue weighted by Crippen LogP contribution is -2.44. The number of amides is 1. The van der Waals surface area contributed by atoms with Crippen LogP contribution in [0.2, 0.25) is 0 Å². The van der Waals surface area contributed by atoms with Gasteiger partial charge in [0.15, 0.2) is 0 Å². The van der Waals surface area contributed by atoms with Crippen molar-refractivity contribution in [1.29, 1.82) is 0 Å². The van der Waals surface area contributed by atoms with E-state index in [4.69, 9.17) is 4.74 Å². The van der Waals surface area contributed by atoms with E-state index in [1.807, 2.05) is 0 Å². The van der Waals surface area contributed by atoms with E-state index in [0.717, 1.165) is 39.1 Å². The van der Waals surface area contributed by atoms with Crippen LogP contribution in [0.3, 0.4) is 0 Å². The Morgan fingerprint density at radius 2 is 2.11 bits per heavy atom. The summed E-state index contributed by atoms with van der Waals surface area (Å²) in [5.41, 5.74) is 0. The summed E-state index contributed by atoms with van der Waals surface area (Å²) in [5.74, 6) is 0.461. The monoisotopic (exact) mass is 272 g/mol. The Bertz CT molecular complexity index is 255. The lowest BCUT2D eigenvalue weighted by molar-refractivity contribution is -0.122. The van der Waals surface area contributed by atoms with E-state index in [0.29, 0.717) is 25.4 Å². The number of hydrogen-bond acceptors (Lipinski definition) is 4. The fraction of sp³-hybridized carbons (Fsp3) is 0.929. The van der Waals surface area contributed by atoms with Crippen molar-refractivity contribution >= 4 is 5.91 Å². The van der Waals surface area contributed by atoms with Gasteiger partial charge in [-0.25, -0.2) is 0 Å². The van der Waals surface area contributed by atoms with E-state index < -0.39 is 6.10 Å². The van der Waals surface area contributed by atoms with Crippen molar-refractivity contribution in [3.05, 3.63) is 0 Å². The Labute approximate surface area is 116 Å². The van der Waals surface area contributed by atoms with Gasteiger partial charge >= 0.3 is 0 Å². The third kappa shape index (κ3) is 7.50. The molecule has 2 atom stereocenters. The number of nitrogens with zero attached hydrogens (tertiary/aromatic N) is 1. The van der Waals surface area contributed by atoms with Crippen molar-refractivity contribution in [2.45, 2.75) is 39.2 Å². The van der Waals surface area contributed by atoms with Crippen molar-refractivity contribution < 1.29 is 14.6 Å². The molecule has 2 N–H and O–H groups in total. The van der Waals surface area contributed by atoms with Crippen molar-refractivity contribution in [3.8, 4) is 0 Å². The van der Waals surface area contributed by atoms with E-state index in [2.05, 4.69) is 24.1 Å². The number of aliphatic hydroxyl groups is 1. The predicted octanol–water partition coefficient (Wildman–Crippen LogP) is 0.622. The number of carbonyl (C=O) groups is 1. The van der Waals surface area contributed by atoms with Gasteiger partial charge in [-0.3, -0.25) is 9.69 Å². The normalized spacial score (nSPS) is 19.9. The summed E-state index contributed by atoms with van der Waals surface area (Å²) in [5, 5.41) is 12.7. The third-order valence-electron chi connectivity index (χ3n) is 3.42. The van der Waals surface area contributed by atoms with E-state index in [9.17, 15) is 9.90 Å². The summed E-state index contributed by atoms with van der Waals surface area (Å²) in [6.07, 6.45) is 2.24. The van der Waals surface area contributed by atoms with Gasteiger partial charge in [-0.2, -0.15) is 0 Å². The second-order valence-corrected chi connectivity index (χ2v) is 5.47. The first-order valence-electron chi connectivity index (χ1n) is 7.36. The van der Waals surface area contributed by atoms with Crippen molar-refractivity contribution in [3.63, 3.8) is 0 Å². The Balaban J connectivity index is 2.11. The van der Waals surface area contributed by atoms with Crippen LogP contribution in [0.5, 0.6) is 0 Å². The maximum atomic E-state index is 11.7. The number of ether oxygens (including phenoxy) is 1. The molecule has 0 radical (unpaired) electrons. The molecule has 5 heteroatoms. The summed E-state index contributed by atoms with van der Waals surface area (Å²) < 4.78 is 5.25. The Kier molecular flexibility index (Phi) is 8.02. The molecule has 1 heterocycles. The highest BCUT2D eigenvalue weighted by molar-refractivity contribution is 5.76. The molecule has 2 unspecified atom stereocenters. The molecule has 0 spiro atoms. The first kappa shape index (κ1) is 16.4. The SMILES string of the molecule is CCCC(C)CC(=O)NCC(O)CN1CCOCC1. The van der Waals surface area contributed by atoms with E-state index in [1.165, 1.54) is 0 Å². The second-order valence-electron chi connectivity index (χ2n) is 5.47. The minimum atomic E-state index is -0.497. The molecule has 1 rings (SSSR count). The fourth-order valence-corrected chi connectivity index (χ4v) is 2.36. The van der Waals surface area contributed by atoms with Gasteiger partial charge in [0.05, 0.1) is 19.3 Å². The molecule has 0 bridgehead atoms. The minimum Gasteiger partial charge on any atom is -0.390 e. The highest BCUT2D eigenvalue weighted by atomic mass is 16.5. The molecule has 0 aromatic carbocycles. The fourth-order valence-electron chi connectivity index (χ4n) is 2.36. The van der Waals surface area contributed by atoms with Crippen molar-refractivity contribution in [2.24, 2.45) is 5.92 Å². The molecule has 0 aromatic heterocycles. The van der Waals surface area contributed by atoms with Gasteiger partial charge in [0.25, 0.3) is 0 Å². The van der Waals surface area contributed by atoms with Gasteiger partial charge in [-0.05, 0) is 5.92 Å². The van der Waals surface area contributed by atoms with Crippen LogP contribution < -0.4 is 5.32 Å². The Hall–Kier alpha value is -0.650. The molecule has 112 valence electrons. The van der Waals surface area contributed by atoms with Gasteiger partial charge < -0.3 is 15.2 Å². The molecule has 1 aliphatic heterocycles. The average molecular weight is 272 g/mol. The molecule has 0 saturated carbocycles. The van der Waals surface area contributed by atoms with Gasteiger partial charge in [0.2, 0.25) is 5.91 Å². The molecule has 0 aromatic rings. The van der Waals surface area contributed by atoms with Crippen LogP contribution in [-0.2, 0) is 9.53 Å². The lowest BCUT2D eigenvalue weighted by atomic mass is 10.0. The highest BCUT2D eigenvalue weighted by Gasteiger charge is 2.16. The number of hydrogen-bond donors (Lipinski definition) is 2. The number of nitrogens with one attached hydrogen (secondary N) is 1. The van der Waals surface area contributed by atoms with Crippen LogP contribution in [0.25, 0.3) is 0 Å². The zero-order valence-electron chi connectivity index (χ0n) is 12.2. The van der Waals surface area contributed by atoms with Crippen LogP contribution >= 0.6 is 0 Å². The standard InChI is InChI=1S/C14H28N2O3/c1-3-4-12(2)9-14(18)15-10-13(17)11-16-5-7-19-8-6-16/h12-13,17H,3-11H2,1-2H3,(H,15,18). The number of morpholine rings is 1. The van der Waals surface area contributed by atoms with Crippen LogP contribution in [0.15, 0.2) is 0 Å². The highest BCUT2D eigenvalue weighted by Crippen LogP contribution is 2.09. The van der Waals surface area contributed by atoms with Crippen LogP contribution in [-0.4, -0.2) is 61.4 Å². The minimum absolute atomic E-state index is 0.0435. The molecule has 5 nitrogen and oxygen atoms in total. The molecule has 0 aliphatic carbocycles. The van der Waals surface area contributed by atoms with Gasteiger partial charge in [0, 0.05) is 32.6 Å². The Morgan fingerprint density at radius 3 is 2.74 bits per heavy atom. The molecule has 1 aliphatic rings. The molecule has 1 amide bonds. The first-order chi connectivity index (χ1) is 9.11. The third-order valence-corrected chi connectivity index (χ3v) is 3.42. The summed E-state index contributed by atoms with van der Waals surface area (Å²) >= 11 is 0. The second kappa shape index (κ2) is 9.28. The summed E-state index contributed by atoms with van der Waals surface area (Å²) in [4.78, 5) is 13.8. The number of aliphatic hydroxyl groups excluding tert-OH is 1. The smallest absolute Gasteiger partial charge is 0.220 e. The zero-order chi connectivity index (χ0) is 14.1. The van der Waals surface area contributed by atoms with Gasteiger partial charge in [-0.1, -0.05) is 26.7 Å². The molecule has 19 heavy (non-hydrogen) atoms. The molecule has 1 fully saturated rings. The molecular weight excluding hydrogens is 244 g/mol. The van der Waals surface area contributed by atoms with E-state index in [-0.39, 0.29) is 5.91 Å². The predicted molar refractivity (Wildman–Crippen MR) is 75.0 cm³/mol. The molecule has 1 saturated heterocycles. The van der Waals surface area contributed by atoms with Crippen LogP contribution in [0.1, 0.15) is 33.1 Å². The quantitative estimate of drug-likeness (QED) is 0.680. The number of β-amino-alcohol motifs (C(OH)–C–C–N with tert-alkyl or cyclic N) is 1. The summed E-state index contributed by atoms with van der Waals surface area (Å²) in [7, 11) is 0. The maximum Gasteiger partial charge on any atom is 0.220 e. The summed E-state index contributed by atoms with van der Waals surface area (Å²) in [6.45, 7) is 8.34. The van der Waals surface area contributed by atoms with Gasteiger partial charge in [0.1, 0.15) is 0 Å².